The Morgan fingerprint density at radius 2 is 2.00 bits per heavy atom. The first-order valence-electron chi connectivity index (χ1n) is 6.75. The molecule has 1 amide bonds. The van der Waals surface area contributed by atoms with E-state index in [1.165, 1.54) is 12.1 Å². The molecule has 1 aliphatic rings. The molecule has 0 saturated carbocycles. The van der Waals surface area contributed by atoms with Gasteiger partial charge in [-0.3, -0.25) is 14.9 Å². The minimum absolute atomic E-state index is 0.0694. The molecule has 0 aliphatic carbocycles. The summed E-state index contributed by atoms with van der Waals surface area (Å²) in [6, 6.07) is 9.41. The van der Waals surface area contributed by atoms with Crippen LogP contribution in [0, 0.1) is 10.1 Å². The van der Waals surface area contributed by atoms with Gasteiger partial charge in [-0.05, 0) is 23.8 Å². The van der Waals surface area contributed by atoms with Crippen molar-refractivity contribution in [2.45, 2.75) is 6.54 Å². The Morgan fingerprint density at radius 1 is 1.22 bits per heavy atom. The molecule has 0 radical (unpaired) electrons. The SMILES string of the molecule is NC(=O)c1cc([N+](=O)[O-])ccc1NCc1ccc2c(c1)OCO2. The number of ether oxygens (including phenoxy) is 2. The van der Waals surface area contributed by atoms with Crippen LogP contribution in [0.25, 0.3) is 0 Å². The lowest BCUT2D eigenvalue weighted by atomic mass is 10.1. The molecule has 1 heterocycles. The van der Waals surface area contributed by atoms with Crippen molar-refractivity contribution in [3.05, 3.63) is 57.6 Å². The van der Waals surface area contributed by atoms with Gasteiger partial charge in [0, 0.05) is 24.4 Å². The largest absolute Gasteiger partial charge is 0.454 e. The maximum Gasteiger partial charge on any atom is 0.270 e. The molecular weight excluding hydrogens is 302 g/mol. The van der Waals surface area contributed by atoms with Gasteiger partial charge in [0.1, 0.15) is 0 Å². The van der Waals surface area contributed by atoms with E-state index >= 15 is 0 Å². The number of primary amides is 1. The number of fused-ring (bicyclic) bond motifs is 1. The number of hydrogen-bond donors (Lipinski definition) is 2. The van der Waals surface area contributed by atoms with Gasteiger partial charge in [-0.25, -0.2) is 0 Å². The van der Waals surface area contributed by atoms with Crippen molar-refractivity contribution in [2.24, 2.45) is 5.73 Å². The molecular formula is C15H13N3O5. The minimum Gasteiger partial charge on any atom is -0.454 e. The number of benzene rings is 2. The summed E-state index contributed by atoms with van der Waals surface area (Å²) in [7, 11) is 0. The predicted molar refractivity (Wildman–Crippen MR) is 81.5 cm³/mol. The lowest BCUT2D eigenvalue weighted by Gasteiger charge is -2.10. The van der Waals surface area contributed by atoms with Gasteiger partial charge < -0.3 is 20.5 Å². The molecule has 0 bridgehead atoms. The summed E-state index contributed by atoms with van der Waals surface area (Å²) in [5.41, 5.74) is 6.51. The van der Waals surface area contributed by atoms with Crippen LogP contribution in [-0.4, -0.2) is 17.6 Å². The molecule has 2 aromatic carbocycles. The maximum absolute atomic E-state index is 11.5. The van der Waals surface area contributed by atoms with E-state index in [1.54, 1.807) is 6.07 Å². The van der Waals surface area contributed by atoms with E-state index in [9.17, 15) is 14.9 Å². The highest BCUT2D eigenvalue weighted by atomic mass is 16.7. The smallest absolute Gasteiger partial charge is 0.270 e. The highest BCUT2D eigenvalue weighted by Gasteiger charge is 2.16. The number of carbonyl (C=O) groups is 1. The molecule has 1 aliphatic heterocycles. The number of nitro benzene ring substituents is 1. The Bertz CT molecular complexity index is 791. The number of non-ortho nitro benzene ring substituents is 1. The van der Waals surface area contributed by atoms with E-state index in [0.29, 0.717) is 23.7 Å². The molecule has 23 heavy (non-hydrogen) atoms. The summed E-state index contributed by atoms with van der Waals surface area (Å²) in [6.07, 6.45) is 0. The van der Waals surface area contributed by atoms with Crippen LogP contribution in [0.1, 0.15) is 15.9 Å². The van der Waals surface area contributed by atoms with Gasteiger partial charge >= 0.3 is 0 Å². The van der Waals surface area contributed by atoms with E-state index in [1.807, 2.05) is 12.1 Å². The molecule has 0 saturated heterocycles. The second-order valence-corrected chi connectivity index (χ2v) is 4.89. The lowest BCUT2D eigenvalue weighted by Crippen LogP contribution is -2.14. The average molecular weight is 315 g/mol. The van der Waals surface area contributed by atoms with E-state index in [4.69, 9.17) is 15.2 Å². The lowest BCUT2D eigenvalue weighted by molar-refractivity contribution is -0.384. The Labute approximate surface area is 131 Å². The van der Waals surface area contributed by atoms with Gasteiger partial charge in [0.15, 0.2) is 11.5 Å². The zero-order valence-corrected chi connectivity index (χ0v) is 11.9. The highest BCUT2D eigenvalue weighted by molar-refractivity contribution is 5.99. The summed E-state index contributed by atoms with van der Waals surface area (Å²) in [5.74, 6) is 0.604. The van der Waals surface area contributed by atoms with Gasteiger partial charge in [0.25, 0.3) is 11.6 Å². The van der Waals surface area contributed by atoms with Crippen LogP contribution in [0.2, 0.25) is 0 Å². The quantitative estimate of drug-likeness (QED) is 0.644. The minimum atomic E-state index is -0.734. The predicted octanol–water partition coefficient (Wildman–Crippen LogP) is 2.03. The third-order valence-electron chi connectivity index (χ3n) is 3.40. The molecule has 118 valence electrons. The number of nitrogens with two attached hydrogens (primary N) is 1. The van der Waals surface area contributed by atoms with E-state index in [2.05, 4.69) is 5.32 Å². The first kappa shape index (κ1) is 14.6. The Morgan fingerprint density at radius 3 is 2.74 bits per heavy atom. The van der Waals surface area contributed by atoms with Crippen molar-refractivity contribution in [3.63, 3.8) is 0 Å². The number of amides is 1. The number of hydrogen-bond acceptors (Lipinski definition) is 6. The van der Waals surface area contributed by atoms with Gasteiger partial charge in [0.2, 0.25) is 6.79 Å². The van der Waals surface area contributed by atoms with E-state index in [0.717, 1.165) is 11.6 Å². The number of anilines is 1. The third kappa shape index (κ3) is 3.00. The number of nitro groups is 1. The van der Waals surface area contributed by atoms with Gasteiger partial charge in [-0.1, -0.05) is 6.07 Å². The Balaban J connectivity index is 1.80. The standard InChI is InChI=1S/C15H13N3O5/c16-15(19)11-6-10(18(20)21)2-3-12(11)17-7-9-1-4-13-14(5-9)23-8-22-13/h1-6,17H,7-8H2,(H2,16,19). The van der Waals surface area contributed by atoms with Gasteiger partial charge in [-0.2, -0.15) is 0 Å². The first-order valence-corrected chi connectivity index (χ1v) is 6.75. The van der Waals surface area contributed by atoms with Crippen molar-refractivity contribution >= 4 is 17.3 Å². The second kappa shape index (κ2) is 5.84. The third-order valence-corrected chi connectivity index (χ3v) is 3.40. The monoisotopic (exact) mass is 315 g/mol. The van der Waals surface area contributed by atoms with Gasteiger partial charge in [0.05, 0.1) is 10.5 Å². The van der Waals surface area contributed by atoms with Crippen LogP contribution in [0.3, 0.4) is 0 Å². The normalized spacial score (nSPS) is 12.0. The Kier molecular flexibility index (Phi) is 3.71. The van der Waals surface area contributed by atoms with E-state index in [-0.39, 0.29) is 18.0 Å². The van der Waals surface area contributed by atoms with Crippen LogP contribution in [0.15, 0.2) is 36.4 Å². The van der Waals surface area contributed by atoms with Crippen molar-refractivity contribution in [1.29, 1.82) is 0 Å². The van der Waals surface area contributed by atoms with Crippen LogP contribution in [0.4, 0.5) is 11.4 Å². The topological polar surface area (TPSA) is 117 Å². The zero-order valence-electron chi connectivity index (χ0n) is 11.9. The molecule has 0 spiro atoms. The molecule has 0 aromatic heterocycles. The van der Waals surface area contributed by atoms with E-state index < -0.39 is 10.8 Å². The number of rotatable bonds is 5. The van der Waals surface area contributed by atoms with Crippen molar-refractivity contribution < 1.29 is 19.2 Å². The van der Waals surface area contributed by atoms with Crippen LogP contribution >= 0.6 is 0 Å². The molecule has 2 aromatic rings. The number of nitrogens with one attached hydrogen (secondary N) is 1. The Hall–Kier alpha value is -3.29. The van der Waals surface area contributed by atoms with Crippen LogP contribution in [-0.2, 0) is 6.54 Å². The molecule has 8 nitrogen and oxygen atoms in total. The number of nitrogens with zero attached hydrogens (tertiary/aromatic N) is 1. The molecule has 0 fully saturated rings. The average Bonchev–Trinajstić information content (AvgIpc) is 3.00. The van der Waals surface area contributed by atoms with Crippen molar-refractivity contribution in [3.8, 4) is 11.5 Å². The molecule has 8 heteroatoms. The molecule has 0 atom stereocenters. The summed E-state index contributed by atoms with van der Waals surface area (Å²) < 4.78 is 10.5. The summed E-state index contributed by atoms with van der Waals surface area (Å²) in [4.78, 5) is 21.7. The maximum atomic E-state index is 11.5. The van der Waals surface area contributed by atoms with Crippen molar-refractivity contribution in [2.75, 3.05) is 12.1 Å². The second-order valence-electron chi connectivity index (χ2n) is 4.89. The summed E-state index contributed by atoms with van der Waals surface area (Å²) in [6.45, 7) is 0.592. The van der Waals surface area contributed by atoms with Gasteiger partial charge in [-0.15, -0.1) is 0 Å². The summed E-state index contributed by atoms with van der Waals surface area (Å²) in [5, 5.41) is 13.8. The van der Waals surface area contributed by atoms with Crippen LogP contribution < -0.4 is 20.5 Å². The fraction of sp³-hybridized carbons (Fsp3) is 0.133. The molecule has 3 rings (SSSR count). The number of carbonyl (C=O) groups excluding carboxylic acids is 1. The van der Waals surface area contributed by atoms with Crippen molar-refractivity contribution in [1.82, 2.24) is 0 Å². The fourth-order valence-electron chi connectivity index (χ4n) is 2.25. The fourth-order valence-corrected chi connectivity index (χ4v) is 2.25. The summed E-state index contributed by atoms with van der Waals surface area (Å²) >= 11 is 0. The molecule has 0 unspecified atom stereocenters. The molecule has 3 N–H and O–H groups in total. The zero-order chi connectivity index (χ0) is 16.4. The highest BCUT2D eigenvalue weighted by Crippen LogP contribution is 2.32. The van der Waals surface area contributed by atoms with Crippen LogP contribution in [0.5, 0.6) is 11.5 Å². The first-order chi connectivity index (χ1) is 11.0.